The quantitative estimate of drug-likeness (QED) is 0.887. The fourth-order valence-electron chi connectivity index (χ4n) is 4.19. The third-order valence-corrected chi connectivity index (χ3v) is 5.66. The van der Waals surface area contributed by atoms with Crippen LogP contribution in [0, 0.1) is 45.3 Å². The molecule has 2 atom stereocenters. The van der Waals surface area contributed by atoms with Crippen molar-refractivity contribution in [3.8, 4) is 24.0 Å². The number of methoxy groups -OCH3 is 1. The molecule has 0 saturated heterocycles. The maximum Gasteiger partial charge on any atom is 0.191 e. The Hall–Kier alpha value is -3.27. The van der Waals surface area contributed by atoms with E-state index in [1.165, 1.54) is 0 Å². The van der Waals surface area contributed by atoms with Crippen LogP contribution in [0.1, 0.15) is 18.4 Å². The van der Waals surface area contributed by atoms with Crippen molar-refractivity contribution in [2.24, 2.45) is 17.1 Å². The van der Waals surface area contributed by atoms with Crippen LogP contribution in [0.3, 0.4) is 0 Å². The highest BCUT2D eigenvalue weighted by molar-refractivity contribution is 5.59. The number of ether oxygens (including phenoxy) is 1. The van der Waals surface area contributed by atoms with Gasteiger partial charge in [-0.1, -0.05) is 25.1 Å². The van der Waals surface area contributed by atoms with Crippen molar-refractivity contribution >= 4 is 0 Å². The molecule has 0 saturated carbocycles. The number of rotatable bonds is 3. The summed E-state index contributed by atoms with van der Waals surface area (Å²) in [5.74, 6) is 0.0781. The maximum atomic E-state index is 10.0. The molecule has 3 rings (SSSR count). The monoisotopic (exact) mass is 359 g/mol. The number of nitrogens with zero attached hydrogens (tertiary/aromatic N) is 4. The average molecular weight is 359 g/mol. The third kappa shape index (κ3) is 2.74. The zero-order valence-electron chi connectivity index (χ0n) is 15.4. The molecule has 2 unspecified atom stereocenters. The Morgan fingerprint density at radius 3 is 2.41 bits per heavy atom. The molecular formula is C21H21N5O. The lowest BCUT2D eigenvalue weighted by Gasteiger charge is -2.45. The maximum absolute atomic E-state index is 10.0. The van der Waals surface area contributed by atoms with Gasteiger partial charge in [-0.05, 0) is 29.8 Å². The van der Waals surface area contributed by atoms with Crippen LogP contribution in [-0.2, 0) is 0 Å². The summed E-state index contributed by atoms with van der Waals surface area (Å²) in [5.41, 5.74) is 6.72. The van der Waals surface area contributed by atoms with Gasteiger partial charge in [0.05, 0.1) is 30.5 Å². The van der Waals surface area contributed by atoms with E-state index < -0.39 is 11.3 Å². The van der Waals surface area contributed by atoms with Gasteiger partial charge >= 0.3 is 0 Å². The molecule has 0 aromatic heterocycles. The number of allylic oxidation sites excluding steroid dienone is 2. The van der Waals surface area contributed by atoms with Crippen molar-refractivity contribution in [2.45, 2.75) is 12.8 Å². The van der Waals surface area contributed by atoms with Gasteiger partial charge in [-0.2, -0.15) is 15.8 Å². The summed E-state index contributed by atoms with van der Waals surface area (Å²) in [5, 5.41) is 29.7. The van der Waals surface area contributed by atoms with Crippen molar-refractivity contribution in [3.05, 3.63) is 52.7 Å². The first-order valence-corrected chi connectivity index (χ1v) is 8.85. The second kappa shape index (κ2) is 7.16. The molecular weight excluding hydrogens is 338 g/mol. The average Bonchev–Trinajstić information content (AvgIpc) is 2.73. The Morgan fingerprint density at radius 1 is 1.22 bits per heavy atom. The normalized spacial score (nSPS) is 24.0. The van der Waals surface area contributed by atoms with Crippen LogP contribution in [0.25, 0.3) is 0 Å². The lowest BCUT2D eigenvalue weighted by molar-refractivity contribution is 0.214. The molecule has 1 heterocycles. The molecule has 1 aliphatic heterocycles. The van der Waals surface area contributed by atoms with Crippen LogP contribution < -0.4 is 10.5 Å². The van der Waals surface area contributed by atoms with Crippen molar-refractivity contribution in [2.75, 3.05) is 26.7 Å². The van der Waals surface area contributed by atoms with Crippen LogP contribution >= 0.6 is 0 Å². The highest BCUT2D eigenvalue weighted by Crippen LogP contribution is 2.54. The van der Waals surface area contributed by atoms with Crippen LogP contribution in [0.5, 0.6) is 5.75 Å². The van der Waals surface area contributed by atoms with E-state index in [2.05, 4.69) is 30.0 Å². The van der Waals surface area contributed by atoms with Gasteiger partial charge in [0, 0.05) is 24.9 Å². The Bertz CT molecular complexity index is 909. The summed E-state index contributed by atoms with van der Waals surface area (Å²) in [6, 6.07) is 13.8. The Labute approximate surface area is 159 Å². The first-order valence-electron chi connectivity index (χ1n) is 8.85. The van der Waals surface area contributed by atoms with Gasteiger partial charge < -0.3 is 10.5 Å². The second-order valence-corrected chi connectivity index (χ2v) is 6.80. The predicted octanol–water partition coefficient (Wildman–Crippen LogP) is 2.44. The van der Waals surface area contributed by atoms with Gasteiger partial charge in [0.1, 0.15) is 11.8 Å². The second-order valence-electron chi connectivity index (χ2n) is 6.80. The topological polar surface area (TPSA) is 110 Å². The standard InChI is InChI=1S/C21H21N5O/c1-3-26-9-8-16-17(10-22)20(25)21(12-23,13-24)19(18(16)11-26)14-4-6-15(27-2)7-5-14/h4-8,18-19H,3,9,11,25H2,1-2H3. The van der Waals surface area contributed by atoms with Gasteiger partial charge in [0.15, 0.2) is 5.41 Å². The SMILES string of the molecule is CCN1CC=C2C(C#N)=C(N)C(C#N)(C#N)C(c3ccc(OC)cc3)C2C1. The van der Waals surface area contributed by atoms with Crippen LogP contribution in [0.15, 0.2) is 47.2 Å². The molecule has 2 N–H and O–H groups in total. The molecule has 0 bridgehead atoms. The lowest BCUT2D eigenvalue weighted by atomic mass is 9.58. The first kappa shape index (κ1) is 18.5. The van der Waals surface area contributed by atoms with Gasteiger partial charge in [0.25, 0.3) is 0 Å². The Morgan fingerprint density at radius 2 is 1.89 bits per heavy atom. The number of likely N-dealkylation sites (N-methyl/N-ethyl adjacent to an activating group) is 1. The highest BCUT2D eigenvalue weighted by atomic mass is 16.5. The molecule has 27 heavy (non-hydrogen) atoms. The number of fused-ring (bicyclic) bond motifs is 1. The predicted molar refractivity (Wildman–Crippen MR) is 99.9 cm³/mol. The highest BCUT2D eigenvalue weighted by Gasteiger charge is 2.54. The van der Waals surface area contributed by atoms with Crippen LogP contribution in [0.4, 0.5) is 0 Å². The van der Waals surface area contributed by atoms with E-state index in [1.54, 1.807) is 7.11 Å². The third-order valence-electron chi connectivity index (χ3n) is 5.66. The smallest absolute Gasteiger partial charge is 0.191 e. The fraction of sp³-hybridized carbons (Fsp3) is 0.381. The van der Waals surface area contributed by atoms with E-state index in [0.29, 0.717) is 12.3 Å². The molecule has 2 aliphatic rings. The largest absolute Gasteiger partial charge is 0.497 e. The zero-order chi connectivity index (χ0) is 19.6. The molecule has 6 heteroatoms. The summed E-state index contributed by atoms with van der Waals surface area (Å²) in [4.78, 5) is 2.24. The number of nitriles is 3. The number of benzene rings is 1. The van der Waals surface area contributed by atoms with Crippen molar-refractivity contribution in [3.63, 3.8) is 0 Å². The molecule has 0 radical (unpaired) electrons. The van der Waals surface area contributed by atoms with E-state index in [1.807, 2.05) is 30.3 Å². The number of hydrogen-bond acceptors (Lipinski definition) is 6. The Kier molecular flexibility index (Phi) is 4.91. The summed E-state index contributed by atoms with van der Waals surface area (Å²) in [6.45, 7) is 4.31. The zero-order valence-corrected chi connectivity index (χ0v) is 15.4. The van der Waals surface area contributed by atoms with Gasteiger partial charge in [-0.3, -0.25) is 4.90 Å². The molecule has 0 amide bonds. The van der Waals surface area contributed by atoms with Gasteiger partial charge in [-0.25, -0.2) is 0 Å². The molecule has 1 aromatic carbocycles. The van der Waals surface area contributed by atoms with E-state index in [-0.39, 0.29) is 17.2 Å². The first-order chi connectivity index (χ1) is 13.1. The molecule has 0 fully saturated rings. The Balaban J connectivity index is 2.27. The number of nitrogens with two attached hydrogens (primary N) is 1. The van der Waals surface area contributed by atoms with Crippen molar-refractivity contribution < 1.29 is 4.74 Å². The molecule has 1 aromatic rings. The van der Waals surface area contributed by atoms with Crippen molar-refractivity contribution in [1.29, 1.82) is 15.8 Å². The molecule has 1 aliphatic carbocycles. The minimum absolute atomic E-state index is 0.0586. The fourth-order valence-corrected chi connectivity index (χ4v) is 4.19. The van der Waals surface area contributed by atoms with Crippen LogP contribution in [-0.4, -0.2) is 31.6 Å². The van der Waals surface area contributed by atoms with Crippen LogP contribution in [0.2, 0.25) is 0 Å². The number of hydrogen-bond donors (Lipinski definition) is 1. The van der Waals surface area contributed by atoms with Crippen molar-refractivity contribution in [1.82, 2.24) is 4.90 Å². The van der Waals surface area contributed by atoms with E-state index in [4.69, 9.17) is 10.5 Å². The van der Waals surface area contributed by atoms with Gasteiger partial charge in [0.2, 0.25) is 0 Å². The molecule has 136 valence electrons. The minimum atomic E-state index is -1.58. The molecule has 0 spiro atoms. The summed E-state index contributed by atoms with van der Waals surface area (Å²) >= 11 is 0. The van der Waals surface area contributed by atoms with E-state index >= 15 is 0 Å². The summed E-state index contributed by atoms with van der Waals surface area (Å²) in [6.07, 6.45) is 2.01. The van der Waals surface area contributed by atoms with E-state index in [9.17, 15) is 15.8 Å². The summed E-state index contributed by atoms with van der Waals surface area (Å²) < 4.78 is 5.23. The van der Waals surface area contributed by atoms with E-state index in [0.717, 1.165) is 24.2 Å². The summed E-state index contributed by atoms with van der Waals surface area (Å²) in [7, 11) is 1.59. The van der Waals surface area contributed by atoms with Gasteiger partial charge in [-0.15, -0.1) is 0 Å². The molecule has 6 nitrogen and oxygen atoms in total. The minimum Gasteiger partial charge on any atom is -0.497 e. The lowest BCUT2D eigenvalue weighted by Crippen LogP contribution is -2.48.